The molecule has 0 bridgehead atoms. The van der Waals surface area contributed by atoms with Crippen molar-refractivity contribution in [2.45, 2.75) is 39.0 Å². The first-order valence-electron chi connectivity index (χ1n) is 9.87. The van der Waals surface area contributed by atoms with Crippen LogP contribution >= 0.6 is 0 Å². The maximum Gasteiger partial charge on any atom is 0.409 e. The van der Waals surface area contributed by atoms with Crippen molar-refractivity contribution in [1.82, 2.24) is 9.80 Å². The molecular weight excluding hydrogens is 344 g/mol. The van der Waals surface area contributed by atoms with E-state index in [-0.39, 0.29) is 17.9 Å². The molecule has 1 aromatic carbocycles. The Labute approximate surface area is 161 Å². The highest BCUT2D eigenvalue weighted by molar-refractivity contribution is 5.78. The van der Waals surface area contributed by atoms with Gasteiger partial charge in [0.25, 0.3) is 0 Å². The summed E-state index contributed by atoms with van der Waals surface area (Å²) in [4.78, 5) is 28.3. The van der Waals surface area contributed by atoms with Gasteiger partial charge in [-0.2, -0.15) is 0 Å². The predicted molar refractivity (Wildman–Crippen MR) is 103 cm³/mol. The molecule has 1 aliphatic carbocycles. The minimum Gasteiger partial charge on any atom is -0.496 e. The van der Waals surface area contributed by atoms with E-state index in [4.69, 9.17) is 9.47 Å². The molecule has 1 saturated heterocycles. The minimum absolute atomic E-state index is 0.184. The van der Waals surface area contributed by atoms with Crippen LogP contribution in [0.4, 0.5) is 4.79 Å². The Bertz CT molecular complexity index is 679. The molecular formula is C21H30N2O4. The number of carbonyl (C=O) groups is 2. The number of hydrogen-bond donors (Lipinski definition) is 0. The number of nitrogens with zero attached hydrogens (tertiary/aromatic N) is 2. The number of piperazine rings is 1. The van der Waals surface area contributed by atoms with Crippen LogP contribution in [-0.4, -0.2) is 61.7 Å². The summed E-state index contributed by atoms with van der Waals surface area (Å²) in [6.45, 7) is 6.47. The van der Waals surface area contributed by atoms with E-state index in [2.05, 4.69) is 12.1 Å². The Morgan fingerprint density at radius 1 is 1.15 bits per heavy atom. The third-order valence-corrected chi connectivity index (χ3v) is 5.59. The molecule has 1 saturated carbocycles. The van der Waals surface area contributed by atoms with Gasteiger partial charge < -0.3 is 19.3 Å². The third-order valence-electron chi connectivity index (χ3n) is 5.59. The summed E-state index contributed by atoms with van der Waals surface area (Å²) in [7, 11) is 1.68. The largest absolute Gasteiger partial charge is 0.496 e. The molecule has 1 atom stereocenters. The molecule has 0 N–H and O–H groups in total. The van der Waals surface area contributed by atoms with Gasteiger partial charge in [-0.3, -0.25) is 4.79 Å². The average molecular weight is 374 g/mol. The van der Waals surface area contributed by atoms with E-state index >= 15 is 0 Å². The Balaban J connectivity index is 1.60. The Morgan fingerprint density at radius 2 is 1.81 bits per heavy atom. The van der Waals surface area contributed by atoms with Crippen LogP contribution in [0.1, 0.15) is 43.2 Å². The standard InChI is InChI=1S/C21H30N2O4/c1-4-27-21(25)23-11-9-22(10-12-23)20(24)14-18(16-5-6-16)17-7-8-19(26-3)15(2)13-17/h7-8,13,16,18H,4-6,9-12,14H2,1-3H3. The van der Waals surface area contributed by atoms with Crippen LogP contribution in [0.5, 0.6) is 5.75 Å². The van der Waals surface area contributed by atoms with Crippen LogP contribution in [0.2, 0.25) is 0 Å². The van der Waals surface area contributed by atoms with Crippen molar-refractivity contribution >= 4 is 12.0 Å². The van der Waals surface area contributed by atoms with E-state index in [0.717, 1.165) is 11.3 Å². The molecule has 1 heterocycles. The molecule has 2 aliphatic rings. The van der Waals surface area contributed by atoms with Gasteiger partial charge in [0.15, 0.2) is 0 Å². The zero-order valence-corrected chi connectivity index (χ0v) is 16.6. The van der Waals surface area contributed by atoms with Gasteiger partial charge in [-0.15, -0.1) is 0 Å². The molecule has 6 nitrogen and oxygen atoms in total. The number of aryl methyl sites for hydroxylation is 1. The van der Waals surface area contributed by atoms with Crippen LogP contribution in [0, 0.1) is 12.8 Å². The second-order valence-electron chi connectivity index (χ2n) is 7.44. The molecule has 2 fully saturated rings. The quantitative estimate of drug-likeness (QED) is 0.767. The summed E-state index contributed by atoms with van der Waals surface area (Å²) in [5.41, 5.74) is 2.34. The van der Waals surface area contributed by atoms with Crippen molar-refractivity contribution in [3.05, 3.63) is 29.3 Å². The molecule has 2 amide bonds. The normalized spacial score (nSPS) is 18.2. The van der Waals surface area contributed by atoms with E-state index in [9.17, 15) is 9.59 Å². The molecule has 27 heavy (non-hydrogen) atoms. The Morgan fingerprint density at radius 3 is 2.37 bits per heavy atom. The summed E-state index contributed by atoms with van der Waals surface area (Å²) < 4.78 is 10.4. The highest BCUT2D eigenvalue weighted by Crippen LogP contribution is 2.45. The third kappa shape index (κ3) is 4.73. The molecule has 0 radical (unpaired) electrons. The van der Waals surface area contributed by atoms with Gasteiger partial charge >= 0.3 is 6.09 Å². The summed E-state index contributed by atoms with van der Waals surface area (Å²) in [6.07, 6.45) is 2.64. The zero-order chi connectivity index (χ0) is 19.4. The van der Waals surface area contributed by atoms with Crippen molar-refractivity contribution in [2.75, 3.05) is 39.9 Å². The summed E-state index contributed by atoms with van der Waals surface area (Å²) >= 11 is 0. The summed E-state index contributed by atoms with van der Waals surface area (Å²) in [5, 5.41) is 0. The lowest BCUT2D eigenvalue weighted by molar-refractivity contribution is -0.133. The fourth-order valence-corrected chi connectivity index (χ4v) is 3.86. The summed E-state index contributed by atoms with van der Waals surface area (Å²) in [6, 6.07) is 6.26. The van der Waals surface area contributed by atoms with Crippen molar-refractivity contribution in [2.24, 2.45) is 5.92 Å². The van der Waals surface area contributed by atoms with E-state index in [1.807, 2.05) is 17.9 Å². The van der Waals surface area contributed by atoms with Gasteiger partial charge in [0.2, 0.25) is 5.91 Å². The number of methoxy groups -OCH3 is 1. The number of amides is 2. The second-order valence-corrected chi connectivity index (χ2v) is 7.44. The first-order valence-corrected chi connectivity index (χ1v) is 9.87. The lowest BCUT2D eigenvalue weighted by atomic mass is 9.89. The first-order chi connectivity index (χ1) is 13.0. The summed E-state index contributed by atoms with van der Waals surface area (Å²) in [5.74, 6) is 1.94. The molecule has 6 heteroatoms. The average Bonchev–Trinajstić information content (AvgIpc) is 3.51. The number of rotatable bonds is 6. The van der Waals surface area contributed by atoms with Crippen molar-refractivity contribution < 1.29 is 19.1 Å². The van der Waals surface area contributed by atoms with Gasteiger partial charge in [0.1, 0.15) is 5.75 Å². The SMILES string of the molecule is CCOC(=O)N1CCN(C(=O)CC(c2ccc(OC)c(C)c2)C2CC2)CC1. The fourth-order valence-electron chi connectivity index (χ4n) is 3.86. The molecule has 1 aromatic rings. The monoisotopic (exact) mass is 374 g/mol. The Hall–Kier alpha value is -2.24. The molecule has 148 valence electrons. The number of hydrogen-bond acceptors (Lipinski definition) is 4. The maximum absolute atomic E-state index is 12.9. The van der Waals surface area contributed by atoms with Crippen molar-refractivity contribution in [1.29, 1.82) is 0 Å². The van der Waals surface area contributed by atoms with Crippen molar-refractivity contribution in [3.63, 3.8) is 0 Å². The van der Waals surface area contributed by atoms with Gasteiger partial charge in [0, 0.05) is 32.6 Å². The smallest absolute Gasteiger partial charge is 0.409 e. The second kappa shape index (κ2) is 8.63. The molecule has 0 spiro atoms. The number of ether oxygens (including phenoxy) is 2. The highest BCUT2D eigenvalue weighted by Gasteiger charge is 2.35. The zero-order valence-electron chi connectivity index (χ0n) is 16.6. The first kappa shape index (κ1) is 19.5. The molecule has 1 unspecified atom stereocenters. The number of benzene rings is 1. The van der Waals surface area contributed by atoms with Crippen LogP contribution in [-0.2, 0) is 9.53 Å². The van der Waals surface area contributed by atoms with Gasteiger partial charge in [-0.05, 0) is 55.7 Å². The maximum atomic E-state index is 12.9. The van der Waals surface area contributed by atoms with Crippen LogP contribution < -0.4 is 4.74 Å². The van der Waals surface area contributed by atoms with Crippen LogP contribution in [0.15, 0.2) is 18.2 Å². The van der Waals surface area contributed by atoms with Gasteiger partial charge in [-0.25, -0.2) is 4.79 Å². The fraction of sp³-hybridized carbons (Fsp3) is 0.619. The molecule has 3 rings (SSSR count). The Kier molecular flexibility index (Phi) is 6.24. The van der Waals surface area contributed by atoms with E-state index < -0.39 is 0 Å². The highest BCUT2D eigenvalue weighted by atomic mass is 16.6. The van der Waals surface area contributed by atoms with Crippen LogP contribution in [0.25, 0.3) is 0 Å². The van der Waals surface area contributed by atoms with Gasteiger partial charge in [0.05, 0.1) is 13.7 Å². The van der Waals surface area contributed by atoms with Crippen molar-refractivity contribution in [3.8, 4) is 5.75 Å². The van der Waals surface area contributed by atoms with E-state index in [1.165, 1.54) is 18.4 Å². The van der Waals surface area contributed by atoms with Crippen LogP contribution in [0.3, 0.4) is 0 Å². The minimum atomic E-state index is -0.283. The lowest BCUT2D eigenvalue weighted by Gasteiger charge is -2.34. The van der Waals surface area contributed by atoms with Gasteiger partial charge in [-0.1, -0.05) is 12.1 Å². The molecule has 0 aromatic heterocycles. The molecule has 1 aliphatic heterocycles. The lowest BCUT2D eigenvalue weighted by Crippen LogP contribution is -2.51. The number of carbonyl (C=O) groups excluding carboxylic acids is 2. The van der Waals surface area contributed by atoms with E-state index in [0.29, 0.717) is 45.1 Å². The predicted octanol–water partition coefficient (Wildman–Crippen LogP) is 3.19. The topological polar surface area (TPSA) is 59.1 Å². The van der Waals surface area contributed by atoms with E-state index in [1.54, 1.807) is 18.9 Å².